The zero-order valence-corrected chi connectivity index (χ0v) is 9.82. The largest absolute Gasteiger partial charge is 0.345 e. The Morgan fingerprint density at radius 2 is 2.07 bits per heavy atom. The van der Waals surface area contributed by atoms with E-state index in [0.29, 0.717) is 18.8 Å². The summed E-state index contributed by atoms with van der Waals surface area (Å²) in [7, 11) is 0. The number of hydrogen-bond donors (Lipinski definition) is 2. The maximum atomic E-state index is 11.5. The van der Waals surface area contributed by atoms with Gasteiger partial charge in [0.1, 0.15) is 6.29 Å². The monoisotopic (exact) mass is 214 g/mol. The molecule has 4 heteroatoms. The molecule has 0 bridgehead atoms. The van der Waals surface area contributed by atoms with E-state index in [0.717, 1.165) is 12.7 Å². The fraction of sp³-hybridized carbons (Fsp3) is 0.818. The molecule has 15 heavy (non-hydrogen) atoms. The number of rotatable bonds is 7. The summed E-state index contributed by atoms with van der Waals surface area (Å²) in [6.45, 7) is 5.99. The van der Waals surface area contributed by atoms with Crippen LogP contribution < -0.4 is 11.1 Å². The van der Waals surface area contributed by atoms with Gasteiger partial charge in [0.2, 0.25) is 5.91 Å². The molecule has 2 atom stereocenters. The fourth-order valence-corrected chi connectivity index (χ4v) is 1.39. The summed E-state index contributed by atoms with van der Waals surface area (Å²) in [5.41, 5.74) is 5.69. The summed E-state index contributed by atoms with van der Waals surface area (Å²) >= 11 is 0. The molecule has 0 radical (unpaired) electrons. The molecule has 0 aliphatic heterocycles. The minimum absolute atomic E-state index is 0.228. The normalized spacial score (nSPS) is 14.7. The zero-order valence-electron chi connectivity index (χ0n) is 9.82. The summed E-state index contributed by atoms with van der Waals surface area (Å²) < 4.78 is 0. The van der Waals surface area contributed by atoms with Crippen molar-refractivity contribution in [2.45, 2.75) is 52.1 Å². The molecule has 0 aromatic rings. The lowest BCUT2D eigenvalue weighted by atomic mass is 10.0. The highest BCUT2D eigenvalue weighted by Crippen LogP contribution is 2.03. The predicted molar refractivity (Wildman–Crippen MR) is 60.3 cm³/mol. The van der Waals surface area contributed by atoms with Crippen LogP contribution in [0.2, 0.25) is 0 Å². The molecular weight excluding hydrogens is 192 g/mol. The predicted octanol–water partition coefficient (Wildman–Crippen LogP) is 0.844. The summed E-state index contributed by atoms with van der Waals surface area (Å²) in [5, 5.41) is 2.64. The molecule has 0 heterocycles. The lowest BCUT2D eigenvalue weighted by Crippen LogP contribution is -2.46. The van der Waals surface area contributed by atoms with E-state index in [1.807, 2.05) is 20.8 Å². The third kappa shape index (κ3) is 6.23. The smallest absolute Gasteiger partial charge is 0.237 e. The molecule has 88 valence electrons. The Kier molecular flexibility index (Phi) is 6.96. The summed E-state index contributed by atoms with van der Waals surface area (Å²) in [6.07, 6.45) is 2.94. The number of amides is 1. The third-order valence-corrected chi connectivity index (χ3v) is 2.15. The first kappa shape index (κ1) is 14.1. The lowest BCUT2D eigenvalue weighted by molar-refractivity contribution is -0.125. The van der Waals surface area contributed by atoms with Crippen molar-refractivity contribution < 1.29 is 9.59 Å². The van der Waals surface area contributed by atoms with Crippen molar-refractivity contribution in [2.75, 3.05) is 0 Å². The van der Waals surface area contributed by atoms with E-state index in [1.54, 1.807) is 0 Å². The average Bonchev–Trinajstić information content (AvgIpc) is 2.15. The standard InChI is InChI=1S/C11H22N2O2/c1-4-5-9(7-14)13-11(15)10(12)6-8(2)3/h7-10H,4-6,12H2,1-3H3,(H,13,15). The minimum Gasteiger partial charge on any atom is -0.345 e. The van der Waals surface area contributed by atoms with Gasteiger partial charge >= 0.3 is 0 Å². The van der Waals surface area contributed by atoms with E-state index >= 15 is 0 Å². The van der Waals surface area contributed by atoms with Crippen LogP contribution in [-0.4, -0.2) is 24.3 Å². The van der Waals surface area contributed by atoms with Gasteiger partial charge in [0.05, 0.1) is 12.1 Å². The van der Waals surface area contributed by atoms with Crippen LogP contribution in [0.1, 0.15) is 40.0 Å². The van der Waals surface area contributed by atoms with Gasteiger partial charge in [-0.05, 0) is 18.8 Å². The molecule has 2 unspecified atom stereocenters. The molecule has 0 saturated carbocycles. The second-order valence-electron chi connectivity index (χ2n) is 4.28. The topological polar surface area (TPSA) is 72.2 Å². The molecule has 0 spiro atoms. The molecule has 0 aliphatic carbocycles. The van der Waals surface area contributed by atoms with Crippen molar-refractivity contribution in [1.29, 1.82) is 0 Å². The van der Waals surface area contributed by atoms with Crippen LogP contribution in [0, 0.1) is 5.92 Å². The van der Waals surface area contributed by atoms with Gasteiger partial charge in [0.25, 0.3) is 0 Å². The highest BCUT2D eigenvalue weighted by molar-refractivity contribution is 5.84. The van der Waals surface area contributed by atoms with Crippen LogP contribution in [0.15, 0.2) is 0 Å². The first-order valence-electron chi connectivity index (χ1n) is 5.52. The van der Waals surface area contributed by atoms with Crippen LogP contribution in [0.3, 0.4) is 0 Å². The quantitative estimate of drug-likeness (QED) is 0.617. The Bertz CT molecular complexity index is 205. The molecule has 0 rings (SSSR count). The molecule has 4 nitrogen and oxygen atoms in total. The zero-order chi connectivity index (χ0) is 11.8. The molecular formula is C11H22N2O2. The first-order chi connectivity index (χ1) is 7.01. The molecule has 0 saturated heterocycles. The van der Waals surface area contributed by atoms with Crippen molar-refractivity contribution in [3.8, 4) is 0 Å². The molecule has 0 aromatic carbocycles. The summed E-state index contributed by atoms with van der Waals surface area (Å²) in [6, 6.07) is -0.898. The summed E-state index contributed by atoms with van der Waals surface area (Å²) in [5.74, 6) is 0.154. The van der Waals surface area contributed by atoms with Crippen LogP contribution in [0.5, 0.6) is 0 Å². The number of nitrogens with two attached hydrogens (primary N) is 1. The van der Waals surface area contributed by atoms with Gasteiger partial charge in [-0.25, -0.2) is 0 Å². The van der Waals surface area contributed by atoms with Crippen LogP contribution in [0.4, 0.5) is 0 Å². The Morgan fingerprint density at radius 3 is 2.47 bits per heavy atom. The Balaban J connectivity index is 4.03. The van der Waals surface area contributed by atoms with E-state index < -0.39 is 6.04 Å². The summed E-state index contributed by atoms with van der Waals surface area (Å²) in [4.78, 5) is 22.1. The molecule has 0 fully saturated rings. The van der Waals surface area contributed by atoms with Gasteiger partial charge in [-0.2, -0.15) is 0 Å². The lowest BCUT2D eigenvalue weighted by Gasteiger charge is -2.17. The highest BCUT2D eigenvalue weighted by Gasteiger charge is 2.17. The molecule has 1 amide bonds. The van der Waals surface area contributed by atoms with Gasteiger partial charge in [-0.3, -0.25) is 4.79 Å². The average molecular weight is 214 g/mol. The van der Waals surface area contributed by atoms with Gasteiger partial charge in [0, 0.05) is 0 Å². The first-order valence-corrected chi connectivity index (χ1v) is 5.52. The van der Waals surface area contributed by atoms with E-state index in [2.05, 4.69) is 5.32 Å². The van der Waals surface area contributed by atoms with E-state index in [1.165, 1.54) is 0 Å². The minimum atomic E-state index is -0.510. The Morgan fingerprint density at radius 1 is 1.47 bits per heavy atom. The maximum Gasteiger partial charge on any atom is 0.237 e. The van der Waals surface area contributed by atoms with Crippen molar-refractivity contribution >= 4 is 12.2 Å². The third-order valence-electron chi connectivity index (χ3n) is 2.15. The number of nitrogens with one attached hydrogen (secondary N) is 1. The van der Waals surface area contributed by atoms with Crippen molar-refractivity contribution in [3.63, 3.8) is 0 Å². The number of carbonyl (C=O) groups is 2. The molecule has 3 N–H and O–H groups in total. The molecule has 0 aliphatic rings. The Hall–Kier alpha value is -0.900. The van der Waals surface area contributed by atoms with Crippen LogP contribution >= 0.6 is 0 Å². The SMILES string of the molecule is CCCC(C=O)NC(=O)C(N)CC(C)C. The highest BCUT2D eigenvalue weighted by atomic mass is 16.2. The number of hydrogen-bond acceptors (Lipinski definition) is 3. The van der Waals surface area contributed by atoms with Crippen molar-refractivity contribution in [1.82, 2.24) is 5.32 Å². The number of carbonyl (C=O) groups excluding carboxylic acids is 2. The Labute approximate surface area is 91.6 Å². The van der Waals surface area contributed by atoms with Crippen molar-refractivity contribution in [2.24, 2.45) is 11.7 Å². The van der Waals surface area contributed by atoms with Gasteiger partial charge in [-0.1, -0.05) is 27.2 Å². The van der Waals surface area contributed by atoms with E-state index in [-0.39, 0.29) is 11.9 Å². The van der Waals surface area contributed by atoms with Crippen molar-refractivity contribution in [3.05, 3.63) is 0 Å². The van der Waals surface area contributed by atoms with Gasteiger partial charge in [0.15, 0.2) is 0 Å². The van der Waals surface area contributed by atoms with Gasteiger partial charge < -0.3 is 15.8 Å². The van der Waals surface area contributed by atoms with Crippen LogP contribution in [-0.2, 0) is 9.59 Å². The van der Waals surface area contributed by atoms with E-state index in [4.69, 9.17) is 5.73 Å². The van der Waals surface area contributed by atoms with Crippen LogP contribution in [0.25, 0.3) is 0 Å². The van der Waals surface area contributed by atoms with Gasteiger partial charge in [-0.15, -0.1) is 0 Å². The second-order valence-corrected chi connectivity index (χ2v) is 4.28. The molecule has 0 aromatic heterocycles. The van der Waals surface area contributed by atoms with E-state index in [9.17, 15) is 9.59 Å². The fourth-order valence-electron chi connectivity index (χ4n) is 1.39. The number of aldehydes is 1. The maximum absolute atomic E-state index is 11.5. The second kappa shape index (κ2) is 7.40.